The smallest absolute Gasteiger partial charge is 0.412 e. The van der Waals surface area contributed by atoms with Gasteiger partial charge in [0.05, 0.1) is 17.9 Å². The number of rotatable bonds is 4. The van der Waals surface area contributed by atoms with Crippen LogP contribution in [-0.2, 0) is 6.42 Å². The van der Waals surface area contributed by atoms with E-state index < -0.39 is 11.6 Å². The van der Waals surface area contributed by atoms with Crippen molar-refractivity contribution in [2.24, 2.45) is 11.8 Å². The molecule has 1 aliphatic carbocycles. The molecule has 6 rings (SSSR count). The Kier molecular flexibility index (Phi) is 5.75. The van der Waals surface area contributed by atoms with Gasteiger partial charge in [0, 0.05) is 41.5 Å². The second-order valence-electron chi connectivity index (χ2n) is 11.5. The molecule has 0 radical (unpaired) electrons. The molecule has 0 bridgehead atoms. The molecule has 3 heterocycles. The zero-order valence-electron chi connectivity index (χ0n) is 21.5. The van der Waals surface area contributed by atoms with Crippen LogP contribution in [0.25, 0.3) is 11.1 Å². The fraction of sp³-hybridized carbons (Fsp3) is 0.448. The van der Waals surface area contributed by atoms with E-state index in [1.807, 2.05) is 32.2 Å². The molecule has 2 fully saturated rings. The maximum Gasteiger partial charge on any atom is 0.412 e. The van der Waals surface area contributed by atoms with Crippen molar-refractivity contribution in [2.45, 2.75) is 51.1 Å². The molecule has 2 atom stereocenters. The molecule has 37 heavy (non-hydrogen) atoms. The first kappa shape index (κ1) is 24.0. The zero-order valence-corrected chi connectivity index (χ0v) is 21.5. The van der Waals surface area contributed by atoms with Crippen LogP contribution in [0.5, 0.6) is 11.5 Å². The number of benzene rings is 2. The molecule has 2 unspecified atom stereocenters. The lowest BCUT2D eigenvalue weighted by atomic mass is 9.85. The summed E-state index contributed by atoms with van der Waals surface area (Å²) in [5.74, 6) is 2.23. The molecule has 1 saturated carbocycles. The van der Waals surface area contributed by atoms with Gasteiger partial charge in [-0.05, 0) is 94.8 Å². The lowest BCUT2D eigenvalue weighted by Crippen LogP contribution is -2.50. The summed E-state index contributed by atoms with van der Waals surface area (Å²) in [5, 5.41) is 14.8. The largest absolute Gasteiger partial charge is 0.465 e. The first-order valence-corrected chi connectivity index (χ1v) is 13.0. The lowest BCUT2D eigenvalue weighted by Gasteiger charge is -2.42. The monoisotopic (exact) mass is 504 g/mol. The van der Waals surface area contributed by atoms with Crippen molar-refractivity contribution in [1.82, 2.24) is 14.7 Å². The topological polar surface area (TPSA) is 70.8 Å². The first-order valence-electron chi connectivity index (χ1n) is 13.0. The van der Waals surface area contributed by atoms with E-state index in [0.717, 1.165) is 54.5 Å². The number of amides is 1. The van der Waals surface area contributed by atoms with Gasteiger partial charge in [0.2, 0.25) is 0 Å². The van der Waals surface area contributed by atoms with Crippen molar-refractivity contribution < 1.29 is 19.0 Å². The maximum atomic E-state index is 13.6. The zero-order chi connectivity index (χ0) is 25.9. The van der Waals surface area contributed by atoms with Gasteiger partial charge in [-0.2, -0.15) is 5.10 Å². The van der Waals surface area contributed by atoms with E-state index in [9.17, 15) is 14.3 Å². The SMILES string of the molecule is CN1CC2CC(n3cc(-c4ccc5c(c4Oc4ccc(F)cc4)CCC(C)(C)N5C(=O)O)cn3)CC2C1. The molecule has 0 spiro atoms. The Hall–Kier alpha value is -3.39. The van der Waals surface area contributed by atoms with Crippen molar-refractivity contribution in [3.63, 3.8) is 0 Å². The van der Waals surface area contributed by atoms with Crippen molar-refractivity contribution >= 4 is 11.8 Å². The van der Waals surface area contributed by atoms with Gasteiger partial charge < -0.3 is 14.7 Å². The lowest BCUT2D eigenvalue weighted by molar-refractivity contribution is 0.192. The molecule has 1 amide bonds. The Balaban J connectivity index is 1.39. The van der Waals surface area contributed by atoms with Crippen LogP contribution < -0.4 is 9.64 Å². The summed E-state index contributed by atoms with van der Waals surface area (Å²) in [5.41, 5.74) is 2.73. The van der Waals surface area contributed by atoms with Crippen molar-refractivity contribution in [3.05, 3.63) is 60.2 Å². The van der Waals surface area contributed by atoms with Crippen LogP contribution >= 0.6 is 0 Å². The number of ether oxygens (including phenoxy) is 1. The summed E-state index contributed by atoms with van der Waals surface area (Å²) in [7, 11) is 2.20. The molecule has 2 aromatic carbocycles. The molecule has 7 nitrogen and oxygen atoms in total. The summed E-state index contributed by atoms with van der Waals surface area (Å²) in [6.45, 7) is 6.20. The number of hydrogen-bond donors (Lipinski definition) is 1. The third kappa shape index (κ3) is 4.27. The summed E-state index contributed by atoms with van der Waals surface area (Å²) in [6, 6.07) is 10.1. The summed E-state index contributed by atoms with van der Waals surface area (Å²) in [4.78, 5) is 16.1. The van der Waals surface area contributed by atoms with Gasteiger partial charge in [-0.3, -0.25) is 9.58 Å². The van der Waals surface area contributed by atoms with Crippen molar-refractivity contribution in [3.8, 4) is 22.6 Å². The fourth-order valence-electron chi connectivity index (χ4n) is 6.66. The molecular formula is C29H33FN4O3. The quantitative estimate of drug-likeness (QED) is 0.458. The van der Waals surface area contributed by atoms with Crippen LogP contribution in [0.2, 0.25) is 0 Å². The Labute approximate surface area is 216 Å². The van der Waals surface area contributed by atoms with E-state index >= 15 is 0 Å². The van der Waals surface area contributed by atoms with Crippen LogP contribution in [0.3, 0.4) is 0 Å². The minimum atomic E-state index is -0.989. The van der Waals surface area contributed by atoms with Crippen LogP contribution in [0.4, 0.5) is 14.9 Å². The van der Waals surface area contributed by atoms with E-state index in [2.05, 4.69) is 22.8 Å². The Morgan fingerprint density at radius 2 is 1.81 bits per heavy atom. The summed E-state index contributed by atoms with van der Waals surface area (Å²) < 4.78 is 22.1. The number of aromatic nitrogens is 2. The highest BCUT2D eigenvalue weighted by molar-refractivity contribution is 5.92. The van der Waals surface area contributed by atoms with Gasteiger partial charge in [0.25, 0.3) is 0 Å². The first-order chi connectivity index (χ1) is 17.7. The van der Waals surface area contributed by atoms with Crippen LogP contribution in [0.1, 0.15) is 44.7 Å². The number of likely N-dealkylation sites (tertiary alicyclic amines) is 1. The molecule has 3 aliphatic rings. The predicted molar refractivity (Wildman–Crippen MR) is 140 cm³/mol. The predicted octanol–water partition coefficient (Wildman–Crippen LogP) is 6.20. The molecule has 3 aromatic rings. The van der Waals surface area contributed by atoms with E-state index in [-0.39, 0.29) is 5.82 Å². The van der Waals surface area contributed by atoms with Gasteiger partial charge in [-0.25, -0.2) is 9.18 Å². The average molecular weight is 505 g/mol. The maximum absolute atomic E-state index is 13.6. The molecule has 2 aliphatic heterocycles. The van der Waals surface area contributed by atoms with Crippen LogP contribution in [-0.4, -0.2) is 51.6 Å². The highest BCUT2D eigenvalue weighted by Gasteiger charge is 2.41. The number of carboxylic acid groups (broad SMARTS) is 1. The number of carbonyl (C=O) groups is 1. The van der Waals surface area contributed by atoms with Crippen LogP contribution in [0, 0.1) is 17.7 Å². The standard InChI is InChI=1S/C29H33FN4O3/c1-29(2)11-10-25-26(34(29)28(35)36)9-8-24(27(25)37-23-6-4-21(30)5-7-23)20-14-31-33(17-20)22-12-18-15-32(3)16-19(18)13-22/h4-9,14,17-19,22H,10-13,15-16H2,1-3H3,(H,35,36). The van der Waals surface area contributed by atoms with Gasteiger partial charge in [-0.15, -0.1) is 0 Å². The second-order valence-corrected chi connectivity index (χ2v) is 11.5. The second kappa shape index (κ2) is 8.87. The number of anilines is 1. The highest BCUT2D eigenvalue weighted by Crippen LogP contribution is 2.48. The molecule has 194 valence electrons. The Bertz CT molecular complexity index is 1320. The number of fused-ring (bicyclic) bond motifs is 2. The Morgan fingerprint density at radius 3 is 2.49 bits per heavy atom. The molecule has 1 N–H and O–H groups in total. The van der Waals surface area contributed by atoms with Gasteiger partial charge >= 0.3 is 6.09 Å². The van der Waals surface area contributed by atoms with Gasteiger partial charge in [-0.1, -0.05) is 0 Å². The number of hydrogen-bond acceptors (Lipinski definition) is 4. The van der Waals surface area contributed by atoms with Crippen molar-refractivity contribution in [1.29, 1.82) is 0 Å². The molecule has 1 saturated heterocycles. The third-order valence-corrected chi connectivity index (χ3v) is 8.49. The number of nitrogens with zero attached hydrogens (tertiary/aromatic N) is 4. The minimum absolute atomic E-state index is 0.338. The average Bonchev–Trinajstić information content (AvgIpc) is 3.54. The van der Waals surface area contributed by atoms with E-state index in [4.69, 9.17) is 9.84 Å². The van der Waals surface area contributed by atoms with Crippen molar-refractivity contribution in [2.75, 3.05) is 25.0 Å². The fourth-order valence-corrected chi connectivity index (χ4v) is 6.66. The number of halogens is 1. The minimum Gasteiger partial charge on any atom is -0.465 e. The molecular weight excluding hydrogens is 471 g/mol. The van der Waals surface area contributed by atoms with Gasteiger partial charge in [0.15, 0.2) is 0 Å². The van der Waals surface area contributed by atoms with Gasteiger partial charge in [0.1, 0.15) is 17.3 Å². The van der Waals surface area contributed by atoms with Crippen LogP contribution in [0.15, 0.2) is 48.8 Å². The normalized spacial score (nSPS) is 24.6. The van der Waals surface area contributed by atoms with E-state index in [1.54, 1.807) is 12.1 Å². The molecule has 8 heteroatoms. The molecule has 1 aromatic heterocycles. The third-order valence-electron chi connectivity index (χ3n) is 8.49. The summed E-state index contributed by atoms with van der Waals surface area (Å²) >= 11 is 0. The Morgan fingerprint density at radius 1 is 1.11 bits per heavy atom. The van der Waals surface area contributed by atoms with E-state index in [1.165, 1.54) is 17.0 Å². The van der Waals surface area contributed by atoms with E-state index in [0.29, 0.717) is 36.1 Å². The highest BCUT2D eigenvalue weighted by atomic mass is 19.1. The summed E-state index contributed by atoms with van der Waals surface area (Å²) in [6.07, 6.45) is 6.59.